The van der Waals surface area contributed by atoms with Gasteiger partial charge in [-0.2, -0.15) is 0 Å². The molecule has 192 valence electrons. The van der Waals surface area contributed by atoms with Crippen molar-refractivity contribution in [2.24, 2.45) is 0 Å². The minimum absolute atomic E-state index is 0.0426. The number of aliphatic hydroxyl groups excluding tert-OH is 1. The molecule has 0 aromatic heterocycles. The average Bonchev–Trinajstić information content (AvgIpc) is 2.86. The van der Waals surface area contributed by atoms with Gasteiger partial charge in [0.25, 0.3) is 0 Å². The van der Waals surface area contributed by atoms with E-state index >= 15 is 0 Å². The lowest BCUT2D eigenvalue weighted by Gasteiger charge is -2.39. The van der Waals surface area contributed by atoms with Crippen molar-refractivity contribution in [1.82, 2.24) is 4.90 Å². The van der Waals surface area contributed by atoms with Crippen molar-refractivity contribution in [3.8, 4) is 5.75 Å². The van der Waals surface area contributed by atoms with Gasteiger partial charge in [0.15, 0.2) is 0 Å². The van der Waals surface area contributed by atoms with Gasteiger partial charge >= 0.3 is 0 Å². The zero-order valence-electron chi connectivity index (χ0n) is 22.3. The highest BCUT2D eigenvalue weighted by Gasteiger charge is 2.34. The number of carbonyl (C=O) groups excluding carboxylic acids is 1. The monoisotopic (exact) mass is 479 g/mol. The summed E-state index contributed by atoms with van der Waals surface area (Å²) >= 11 is 0. The van der Waals surface area contributed by atoms with Gasteiger partial charge in [0, 0.05) is 18.5 Å². The van der Waals surface area contributed by atoms with Crippen LogP contribution in [-0.2, 0) is 16.8 Å². The predicted octanol–water partition coefficient (Wildman–Crippen LogP) is 7.34. The molecule has 1 amide bonds. The molecule has 1 aliphatic rings. The van der Waals surface area contributed by atoms with Crippen LogP contribution in [0.5, 0.6) is 5.75 Å². The SMILES string of the molecule is CCCCCCC(C)(C)c1ccc([C@@H]2C[C@H](O)CCN2C(=O)CCC)c(OCc2ccccc2)c1. The molecule has 2 aromatic carbocycles. The lowest BCUT2D eigenvalue weighted by atomic mass is 9.79. The Hall–Kier alpha value is -2.33. The molecule has 3 rings (SSSR count). The van der Waals surface area contributed by atoms with Gasteiger partial charge in [-0.15, -0.1) is 0 Å². The fraction of sp³-hybridized carbons (Fsp3) is 0.581. The molecule has 4 heteroatoms. The Morgan fingerprint density at radius 2 is 1.83 bits per heavy atom. The molecule has 2 atom stereocenters. The fourth-order valence-corrected chi connectivity index (χ4v) is 5.13. The van der Waals surface area contributed by atoms with Crippen molar-refractivity contribution in [3.05, 3.63) is 65.2 Å². The van der Waals surface area contributed by atoms with Crippen LogP contribution in [-0.4, -0.2) is 28.6 Å². The highest BCUT2D eigenvalue weighted by atomic mass is 16.5. The Bertz CT molecular complexity index is 924. The number of hydrogen-bond acceptors (Lipinski definition) is 3. The van der Waals surface area contributed by atoms with Crippen LogP contribution < -0.4 is 4.74 Å². The van der Waals surface area contributed by atoms with E-state index in [1.165, 1.54) is 31.2 Å². The standard InChI is InChI=1S/C31H45NO3/c1-5-7-8-12-19-31(3,4)25-16-17-27(29(21-25)35-23-24-14-10-9-11-15-24)28-22-26(33)18-20-32(28)30(34)13-6-2/h9-11,14-17,21,26,28,33H,5-8,12-13,18-20,22-23H2,1-4H3/t26-,28+/m1/s1. The number of benzene rings is 2. The van der Waals surface area contributed by atoms with Crippen LogP contribution in [0, 0.1) is 0 Å². The zero-order valence-corrected chi connectivity index (χ0v) is 22.3. The van der Waals surface area contributed by atoms with Gasteiger partial charge in [-0.25, -0.2) is 0 Å². The molecule has 1 N–H and O–H groups in total. The van der Waals surface area contributed by atoms with Gasteiger partial charge in [-0.05, 0) is 48.3 Å². The minimum Gasteiger partial charge on any atom is -0.489 e. The van der Waals surface area contributed by atoms with Crippen LogP contribution in [0.25, 0.3) is 0 Å². The van der Waals surface area contributed by atoms with Crippen molar-refractivity contribution < 1.29 is 14.6 Å². The first-order chi connectivity index (χ1) is 16.9. The topological polar surface area (TPSA) is 49.8 Å². The zero-order chi connectivity index (χ0) is 25.3. The van der Waals surface area contributed by atoms with E-state index in [1.54, 1.807) is 0 Å². The molecule has 2 aromatic rings. The van der Waals surface area contributed by atoms with Gasteiger partial charge in [-0.3, -0.25) is 4.79 Å². The van der Waals surface area contributed by atoms with Crippen LogP contribution in [0.1, 0.15) is 108 Å². The van der Waals surface area contributed by atoms with Crippen LogP contribution in [0.4, 0.5) is 0 Å². The summed E-state index contributed by atoms with van der Waals surface area (Å²) in [4.78, 5) is 14.9. The number of nitrogens with zero attached hydrogens (tertiary/aromatic N) is 1. The molecule has 0 bridgehead atoms. The van der Waals surface area contributed by atoms with E-state index in [-0.39, 0.29) is 17.4 Å². The molecule has 1 heterocycles. The maximum atomic E-state index is 13.0. The molecule has 1 saturated heterocycles. The molecule has 4 nitrogen and oxygen atoms in total. The van der Waals surface area contributed by atoms with Crippen LogP contribution in [0.2, 0.25) is 0 Å². The minimum atomic E-state index is -0.401. The molecule has 1 fully saturated rings. The highest BCUT2D eigenvalue weighted by molar-refractivity contribution is 5.77. The van der Waals surface area contributed by atoms with Crippen LogP contribution in [0.15, 0.2) is 48.5 Å². The van der Waals surface area contributed by atoms with Gasteiger partial charge in [0.1, 0.15) is 12.4 Å². The van der Waals surface area contributed by atoms with Crippen molar-refractivity contribution in [2.45, 2.75) is 110 Å². The summed E-state index contributed by atoms with van der Waals surface area (Å²) in [5, 5.41) is 10.5. The molecular formula is C31H45NO3. The summed E-state index contributed by atoms with van der Waals surface area (Å²) in [7, 11) is 0. The quantitative estimate of drug-likeness (QED) is 0.324. The first-order valence-corrected chi connectivity index (χ1v) is 13.6. The molecule has 35 heavy (non-hydrogen) atoms. The summed E-state index contributed by atoms with van der Waals surface area (Å²) in [5.41, 5.74) is 3.43. The maximum absolute atomic E-state index is 13.0. The van der Waals surface area contributed by atoms with Crippen molar-refractivity contribution in [1.29, 1.82) is 0 Å². The molecule has 0 spiro atoms. The van der Waals surface area contributed by atoms with Gasteiger partial charge in [-0.1, -0.05) is 95.8 Å². The van der Waals surface area contributed by atoms with E-state index in [0.717, 1.165) is 29.7 Å². The second kappa shape index (κ2) is 13.1. The Kier molecular flexibility index (Phi) is 10.2. The summed E-state index contributed by atoms with van der Waals surface area (Å²) in [6.07, 6.45) is 8.30. The van der Waals surface area contributed by atoms with E-state index in [9.17, 15) is 9.90 Å². The number of unbranched alkanes of at least 4 members (excludes halogenated alkanes) is 3. The lowest BCUT2D eigenvalue weighted by molar-refractivity contribution is -0.136. The molecular weight excluding hydrogens is 434 g/mol. The summed E-state index contributed by atoms with van der Waals surface area (Å²) in [5.74, 6) is 1.00. The van der Waals surface area contributed by atoms with E-state index in [0.29, 0.717) is 32.4 Å². The fourth-order valence-electron chi connectivity index (χ4n) is 5.13. The van der Waals surface area contributed by atoms with Gasteiger partial charge < -0.3 is 14.7 Å². The number of rotatable bonds is 12. The van der Waals surface area contributed by atoms with E-state index in [2.05, 4.69) is 51.1 Å². The third-order valence-corrected chi connectivity index (χ3v) is 7.41. The van der Waals surface area contributed by atoms with E-state index in [4.69, 9.17) is 4.74 Å². The molecule has 0 unspecified atom stereocenters. The van der Waals surface area contributed by atoms with E-state index < -0.39 is 6.10 Å². The number of ether oxygens (including phenoxy) is 1. The molecule has 0 saturated carbocycles. The Morgan fingerprint density at radius 3 is 2.54 bits per heavy atom. The largest absolute Gasteiger partial charge is 0.489 e. The summed E-state index contributed by atoms with van der Waals surface area (Å²) < 4.78 is 6.46. The normalized spacial score (nSPS) is 18.5. The van der Waals surface area contributed by atoms with Gasteiger partial charge in [0.05, 0.1) is 12.1 Å². The number of likely N-dealkylation sites (tertiary alicyclic amines) is 1. The molecule has 0 radical (unpaired) electrons. The Balaban J connectivity index is 1.93. The third-order valence-electron chi connectivity index (χ3n) is 7.41. The van der Waals surface area contributed by atoms with Gasteiger partial charge in [0.2, 0.25) is 5.91 Å². The van der Waals surface area contributed by atoms with Crippen molar-refractivity contribution in [3.63, 3.8) is 0 Å². The second-order valence-electron chi connectivity index (χ2n) is 10.8. The number of amides is 1. The van der Waals surface area contributed by atoms with Crippen LogP contribution >= 0.6 is 0 Å². The average molecular weight is 480 g/mol. The third kappa shape index (κ3) is 7.57. The first-order valence-electron chi connectivity index (χ1n) is 13.6. The van der Waals surface area contributed by atoms with Crippen molar-refractivity contribution in [2.75, 3.05) is 6.54 Å². The number of carbonyl (C=O) groups is 1. The van der Waals surface area contributed by atoms with Crippen molar-refractivity contribution >= 4 is 5.91 Å². The maximum Gasteiger partial charge on any atom is 0.223 e. The summed E-state index contributed by atoms with van der Waals surface area (Å²) in [6, 6.07) is 16.6. The second-order valence-corrected chi connectivity index (χ2v) is 10.8. The predicted molar refractivity (Wildman–Crippen MR) is 144 cm³/mol. The van der Waals surface area contributed by atoms with Crippen LogP contribution in [0.3, 0.4) is 0 Å². The smallest absolute Gasteiger partial charge is 0.223 e. The summed E-state index contributed by atoms with van der Waals surface area (Å²) in [6.45, 7) is 9.99. The highest BCUT2D eigenvalue weighted by Crippen LogP contribution is 2.40. The number of aliphatic hydroxyl groups is 1. The van der Waals surface area contributed by atoms with E-state index in [1.807, 2.05) is 30.0 Å². The lowest BCUT2D eigenvalue weighted by Crippen LogP contribution is -2.42. The molecule has 0 aliphatic carbocycles. The number of piperidine rings is 1. The Labute approximate surface area is 212 Å². The first kappa shape index (κ1) is 27.3. The molecule has 1 aliphatic heterocycles. The Morgan fingerprint density at radius 1 is 1.06 bits per heavy atom. The number of hydrogen-bond donors (Lipinski definition) is 1.